The van der Waals surface area contributed by atoms with Gasteiger partial charge in [0.2, 0.25) is 0 Å². The Labute approximate surface area is 190 Å². The van der Waals surface area contributed by atoms with Crippen molar-refractivity contribution in [2.24, 2.45) is 0 Å². The maximum Gasteiger partial charge on any atom is 0.267 e. The van der Waals surface area contributed by atoms with Crippen LogP contribution in [0.1, 0.15) is 23.6 Å². The number of benzene rings is 1. The number of aromatic nitrogens is 2. The number of aryl methyl sites for hydroxylation is 1. The van der Waals surface area contributed by atoms with Crippen LogP contribution in [-0.4, -0.2) is 37.6 Å². The summed E-state index contributed by atoms with van der Waals surface area (Å²) in [5.41, 5.74) is 2.78. The van der Waals surface area contributed by atoms with Gasteiger partial charge in [-0.15, -0.1) is 0 Å². The van der Waals surface area contributed by atoms with Gasteiger partial charge in [0.1, 0.15) is 15.8 Å². The molecule has 158 valence electrons. The molecule has 1 saturated heterocycles. The summed E-state index contributed by atoms with van der Waals surface area (Å²) in [4.78, 5) is 32.9. The fourth-order valence-electron chi connectivity index (χ4n) is 3.40. The zero-order valence-electron chi connectivity index (χ0n) is 17.3. The molecule has 0 atom stereocenters. The predicted octanol–water partition coefficient (Wildman–Crippen LogP) is 3.88. The first-order valence-corrected chi connectivity index (χ1v) is 11.3. The minimum absolute atomic E-state index is 0.179. The fraction of sp³-hybridized carbons (Fsp3) is 0.217. The van der Waals surface area contributed by atoms with Gasteiger partial charge >= 0.3 is 0 Å². The molecule has 4 rings (SSSR count). The SMILES string of the molecule is CCNc1nc2ccc(C)cn2c(=O)c1C=C1SC(=S)N(CCc2ccccc2)C1=O. The molecule has 1 aromatic carbocycles. The number of nitrogens with one attached hydrogen (secondary N) is 1. The minimum atomic E-state index is -0.223. The van der Waals surface area contributed by atoms with Crippen molar-refractivity contribution in [2.45, 2.75) is 20.3 Å². The largest absolute Gasteiger partial charge is 0.370 e. The van der Waals surface area contributed by atoms with Gasteiger partial charge in [0.05, 0.1) is 10.5 Å². The normalized spacial score (nSPS) is 15.3. The molecule has 1 aliphatic heterocycles. The number of rotatable bonds is 6. The summed E-state index contributed by atoms with van der Waals surface area (Å²) in [6.45, 7) is 4.96. The number of anilines is 1. The van der Waals surface area contributed by atoms with Gasteiger partial charge in [-0.1, -0.05) is 60.4 Å². The van der Waals surface area contributed by atoms with Gasteiger partial charge in [0, 0.05) is 19.3 Å². The van der Waals surface area contributed by atoms with E-state index in [1.165, 1.54) is 16.2 Å². The Kier molecular flexibility index (Phi) is 6.20. The first kappa shape index (κ1) is 21.3. The monoisotopic (exact) mass is 450 g/mol. The number of carbonyl (C=O) groups excluding carboxylic acids is 1. The van der Waals surface area contributed by atoms with Crippen molar-refractivity contribution in [2.75, 3.05) is 18.4 Å². The molecule has 0 radical (unpaired) electrons. The van der Waals surface area contributed by atoms with Crippen LogP contribution in [0.3, 0.4) is 0 Å². The highest BCUT2D eigenvalue weighted by Gasteiger charge is 2.32. The summed E-state index contributed by atoms with van der Waals surface area (Å²) in [7, 11) is 0. The maximum absolute atomic E-state index is 13.2. The molecule has 8 heteroatoms. The highest BCUT2D eigenvalue weighted by Crippen LogP contribution is 2.33. The van der Waals surface area contributed by atoms with Crippen LogP contribution in [0.5, 0.6) is 0 Å². The van der Waals surface area contributed by atoms with E-state index in [9.17, 15) is 9.59 Å². The molecule has 1 fully saturated rings. The van der Waals surface area contributed by atoms with Gasteiger partial charge in [0.25, 0.3) is 11.5 Å². The van der Waals surface area contributed by atoms with E-state index < -0.39 is 0 Å². The van der Waals surface area contributed by atoms with Crippen LogP contribution >= 0.6 is 24.0 Å². The van der Waals surface area contributed by atoms with Crippen LogP contribution in [0.2, 0.25) is 0 Å². The van der Waals surface area contributed by atoms with Crippen molar-refractivity contribution < 1.29 is 4.79 Å². The molecule has 0 unspecified atom stereocenters. The van der Waals surface area contributed by atoms with E-state index in [1.54, 1.807) is 17.2 Å². The maximum atomic E-state index is 13.2. The van der Waals surface area contributed by atoms with Crippen molar-refractivity contribution >= 4 is 51.7 Å². The highest BCUT2D eigenvalue weighted by molar-refractivity contribution is 8.26. The molecule has 1 amide bonds. The van der Waals surface area contributed by atoms with E-state index in [1.807, 2.05) is 56.3 Å². The van der Waals surface area contributed by atoms with Crippen molar-refractivity contribution in [1.82, 2.24) is 14.3 Å². The smallest absolute Gasteiger partial charge is 0.267 e. The summed E-state index contributed by atoms with van der Waals surface area (Å²) < 4.78 is 2.01. The van der Waals surface area contributed by atoms with Crippen LogP contribution in [0, 0.1) is 6.92 Å². The molecule has 2 aromatic heterocycles. The van der Waals surface area contributed by atoms with Gasteiger partial charge in [-0.3, -0.25) is 18.9 Å². The molecule has 0 bridgehead atoms. The summed E-state index contributed by atoms with van der Waals surface area (Å²) in [5, 5.41) is 3.15. The lowest BCUT2D eigenvalue weighted by Crippen LogP contribution is -2.30. The Balaban J connectivity index is 1.68. The Bertz CT molecular complexity index is 1250. The van der Waals surface area contributed by atoms with E-state index >= 15 is 0 Å². The number of carbonyl (C=O) groups is 1. The van der Waals surface area contributed by atoms with E-state index in [0.717, 1.165) is 11.1 Å². The van der Waals surface area contributed by atoms with E-state index in [2.05, 4.69) is 10.3 Å². The molecule has 3 heterocycles. The molecule has 1 N–H and O–H groups in total. The number of fused-ring (bicyclic) bond motifs is 1. The van der Waals surface area contributed by atoms with Gasteiger partial charge < -0.3 is 5.32 Å². The third-order valence-corrected chi connectivity index (χ3v) is 6.34. The lowest BCUT2D eigenvalue weighted by molar-refractivity contribution is -0.122. The highest BCUT2D eigenvalue weighted by atomic mass is 32.2. The topological polar surface area (TPSA) is 66.7 Å². The predicted molar refractivity (Wildman–Crippen MR) is 130 cm³/mol. The first-order valence-electron chi connectivity index (χ1n) is 10.0. The number of amides is 1. The second kappa shape index (κ2) is 9.03. The molecule has 6 nitrogen and oxygen atoms in total. The van der Waals surface area contributed by atoms with E-state index in [0.29, 0.717) is 45.8 Å². The number of nitrogens with zero attached hydrogens (tertiary/aromatic N) is 3. The molecular weight excluding hydrogens is 428 g/mol. The Morgan fingerprint density at radius 1 is 1.16 bits per heavy atom. The van der Waals surface area contributed by atoms with Crippen LogP contribution in [0.4, 0.5) is 5.82 Å². The average molecular weight is 451 g/mol. The Hall–Kier alpha value is -2.97. The number of hydrogen-bond donors (Lipinski definition) is 1. The van der Waals surface area contributed by atoms with Crippen molar-refractivity contribution in [3.63, 3.8) is 0 Å². The summed E-state index contributed by atoms with van der Waals surface area (Å²) in [6.07, 6.45) is 4.08. The fourth-order valence-corrected chi connectivity index (χ4v) is 4.69. The van der Waals surface area contributed by atoms with Gasteiger partial charge in [-0.2, -0.15) is 0 Å². The first-order chi connectivity index (χ1) is 15.0. The van der Waals surface area contributed by atoms with Gasteiger partial charge in [-0.25, -0.2) is 4.98 Å². The van der Waals surface area contributed by atoms with Crippen molar-refractivity contribution in [1.29, 1.82) is 0 Å². The second-order valence-electron chi connectivity index (χ2n) is 7.21. The lowest BCUT2D eigenvalue weighted by Gasteiger charge is -2.14. The molecule has 0 spiro atoms. The lowest BCUT2D eigenvalue weighted by atomic mass is 10.1. The Morgan fingerprint density at radius 2 is 1.94 bits per heavy atom. The zero-order valence-corrected chi connectivity index (χ0v) is 18.9. The summed E-state index contributed by atoms with van der Waals surface area (Å²) in [5.74, 6) is 0.285. The number of thioether (sulfide) groups is 1. The standard InChI is InChI=1S/C23H22N4O2S2/c1-3-24-20-17(21(28)27-14-15(2)9-10-19(27)25-20)13-18-22(29)26(23(30)31-18)12-11-16-7-5-4-6-8-16/h4-10,13-14,24H,3,11-12H2,1-2H3. The molecule has 3 aromatic rings. The third-order valence-electron chi connectivity index (χ3n) is 4.97. The van der Waals surface area contributed by atoms with Crippen molar-refractivity contribution in [3.05, 3.63) is 80.6 Å². The number of thiocarbonyl (C=S) groups is 1. The van der Waals surface area contributed by atoms with Gasteiger partial charge in [-0.05, 0) is 43.5 Å². The average Bonchev–Trinajstić information content (AvgIpc) is 3.03. The second-order valence-corrected chi connectivity index (χ2v) is 8.89. The molecular formula is C23H22N4O2S2. The quantitative estimate of drug-likeness (QED) is 0.454. The van der Waals surface area contributed by atoms with Crippen molar-refractivity contribution in [3.8, 4) is 0 Å². The minimum Gasteiger partial charge on any atom is -0.370 e. The van der Waals surface area contributed by atoms with E-state index in [4.69, 9.17) is 12.2 Å². The number of hydrogen-bond acceptors (Lipinski definition) is 6. The number of pyridine rings is 1. The van der Waals surface area contributed by atoms with Crippen LogP contribution in [-0.2, 0) is 11.2 Å². The molecule has 1 aliphatic rings. The molecule has 0 saturated carbocycles. The Morgan fingerprint density at radius 3 is 2.68 bits per heavy atom. The third kappa shape index (κ3) is 4.40. The van der Waals surface area contributed by atoms with Gasteiger partial charge in [0.15, 0.2) is 0 Å². The van der Waals surface area contributed by atoms with Crippen LogP contribution in [0.15, 0.2) is 58.4 Å². The van der Waals surface area contributed by atoms with Crippen LogP contribution < -0.4 is 10.9 Å². The van der Waals surface area contributed by atoms with E-state index in [-0.39, 0.29) is 11.5 Å². The summed E-state index contributed by atoms with van der Waals surface area (Å²) in [6, 6.07) is 13.7. The summed E-state index contributed by atoms with van der Waals surface area (Å²) >= 11 is 6.67. The van der Waals surface area contributed by atoms with Crippen LogP contribution in [0.25, 0.3) is 11.7 Å². The molecule has 0 aliphatic carbocycles. The zero-order chi connectivity index (χ0) is 22.0. The molecule has 31 heavy (non-hydrogen) atoms.